The Kier molecular flexibility index (Phi) is 5.07. The average molecular weight is 379 g/mol. The van der Waals surface area contributed by atoms with Crippen molar-refractivity contribution in [2.24, 2.45) is 0 Å². The standard InChI is InChI=1S/C15H14FN5O4S/c1-8(23)17-5-10-6-21(15(24)25-10)9-2-3-11(12(16)4-9)13-19-20-14(26-13)18-7-22/h2-4,7,10H,5-6H2,1H3,(H,17,23)(H,18,20,22)/t10-/m0/s1. The molecule has 0 aliphatic carbocycles. The van der Waals surface area contributed by atoms with E-state index in [-0.39, 0.29) is 29.7 Å². The monoisotopic (exact) mass is 379 g/mol. The molecule has 9 nitrogen and oxygen atoms in total. The second-order valence-corrected chi connectivity index (χ2v) is 6.37. The van der Waals surface area contributed by atoms with Gasteiger partial charge < -0.3 is 15.4 Å². The maximum absolute atomic E-state index is 14.5. The number of nitrogens with one attached hydrogen (secondary N) is 2. The van der Waals surface area contributed by atoms with Crippen LogP contribution in [0.25, 0.3) is 10.6 Å². The second kappa shape index (κ2) is 7.44. The number of amides is 3. The smallest absolute Gasteiger partial charge is 0.414 e. The zero-order valence-corrected chi connectivity index (χ0v) is 14.4. The molecule has 3 rings (SSSR count). The summed E-state index contributed by atoms with van der Waals surface area (Å²) in [5, 5.41) is 13.0. The minimum atomic E-state index is -0.610. The number of cyclic esters (lactones) is 1. The molecule has 11 heteroatoms. The van der Waals surface area contributed by atoms with Crippen molar-refractivity contribution < 1.29 is 23.5 Å². The van der Waals surface area contributed by atoms with Gasteiger partial charge in [0.25, 0.3) is 0 Å². The van der Waals surface area contributed by atoms with Crippen LogP contribution in [0.1, 0.15) is 6.92 Å². The summed E-state index contributed by atoms with van der Waals surface area (Å²) in [6.45, 7) is 1.76. The van der Waals surface area contributed by atoms with Gasteiger partial charge in [-0.15, -0.1) is 10.2 Å². The molecule has 0 spiro atoms. The normalized spacial score (nSPS) is 16.3. The van der Waals surface area contributed by atoms with E-state index in [1.54, 1.807) is 6.07 Å². The molecule has 2 aromatic rings. The predicted molar refractivity (Wildman–Crippen MR) is 91.3 cm³/mol. The predicted octanol–water partition coefficient (Wildman–Crippen LogP) is 1.37. The molecule has 0 saturated carbocycles. The molecule has 0 unspecified atom stereocenters. The molecule has 3 amide bonds. The highest BCUT2D eigenvalue weighted by Gasteiger charge is 2.32. The Morgan fingerprint density at radius 2 is 2.31 bits per heavy atom. The molecule has 2 N–H and O–H groups in total. The number of nitrogens with zero attached hydrogens (tertiary/aromatic N) is 3. The molecule has 1 atom stereocenters. The first-order chi connectivity index (χ1) is 12.5. The number of halogens is 1. The molecule has 26 heavy (non-hydrogen) atoms. The van der Waals surface area contributed by atoms with Crippen LogP contribution in [0, 0.1) is 5.82 Å². The van der Waals surface area contributed by atoms with Crippen molar-refractivity contribution in [1.29, 1.82) is 0 Å². The van der Waals surface area contributed by atoms with E-state index in [4.69, 9.17) is 4.74 Å². The molecular weight excluding hydrogens is 365 g/mol. The molecule has 1 aliphatic heterocycles. The number of hydrogen-bond donors (Lipinski definition) is 2. The van der Waals surface area contributed by atoms with Crippen LogP contribution < -0.4 is 15.5 Å². The van der Waals surface area contributed by atoms with Crippen molar-refractivity contribution in [3.63, 3.8) is 0 Å². The van der Waals surface area contributed by atoms with Gasteiger partial charge in [-0.25, -0.2) is 9.18 Å². The van der Waals surface area contributed by atoms with E-state index in [9.17, 15) is 18.8 Å². The number of carbonyl (C=O) groups excluding carboxylic acids is 3. The molecule has 1 aromatic heterocycles. The summed E-state index contributed by atoms with van der Waals surface area (Å²) in [6, 6.07) is 4.24. The van der Waals surface area contributed by atoms with Gasteiger partial charge in [-0.1, -0.05) is 11.3 Å². The fraction of sp³-hybridized carbons (Fsp3) is 0.267. The number of hydrogen-bond acceptors (Lipinski definition) is 7. The molecule has 1 saturated heterocycles. The lowest BCUT2D eigenvalue weighted by Gasteiger charge is -2.14. The number of ether oxygens (including phenoxy) is 1. The van der Waals surface area contributed by atoms with Crippen LogP contribution in [0.4, 0.5) is 20.0 Å². The maximum atomic E-state index is 14.5. The highest BCUT2D eigenvalue weighted by molar-refractivity contribution is 7.18. The van der Waals surface area contributed by atoms with Gasteiger partial charge in [-0.2, -0.15) is 0 Å². The summed E-state index contributed by atoms with van der Waals surface area (Å²) in [7, 11) is 0. The van der Waals surface area contributed by atoms with Gasteiger partial charge in [0.1, 0.15) is 11.9 Å². The van der Waals surface area contributed by atoms with Gasteiger partial charge in [-0.05, 0) is 18.2 Å². The van der Waals surface area contributed by atoms with E-state index in [1.807, 2.05) is 0 Å². The third-order valence-corrected chi connectivity index (χ3v) is 4.44. The van der Waals surface area contributed by atoms with Gasteiger partial charge >= 0.3 is 6.09 Å². The van der Waals surface area contributed by atoms with Crippen molar-refractivity contribution in [3.8, 4) is 10.6 Å². The Morgan fingerprint density at radius 3 is 3.00 bits per heavy atom. The first-order valence-corrected chi connectivity index (χ1v) is 8.35. The van der Waals surface area contributed by atoms with Crippen LogP contribution in [0.3, 0.4) is 0 Å². The van der Waals surface area contributed by atoms with Crippen molar-refractivity contribution in [3.05, 3.63) is 24.0 Å². The van der Waals surface area contributed by atoms with Crippen molar-refractivity contribution >= 4 is 40.6 Å². The Labute approximate surface area is 151 Å². The molecule has 136 valence electrons. The van der Waals surface area contributed by atoms with Crippen molar-refractivity contribution in [2.45, 2.75) is 13.0 Å². The molecular formula is C15H14FN5O4S. The second-order valence-electron chi connectivity index (χ2n) is 5.39. The van der Waals surface area contributed by atoms with Gasteiger partial charge in [0.05, 0.1) is 18.8 Å². The molecule has 2 heterocycles. The Hall–Kier alpha value is -3.08. The van der Waals surface area contributed by atoms with Gasteiger partial charge in [0.15, 0.2) is 5.01 Å². The molecule has 0 bridgehead atoms. The maximum Gasteiger partial charge on any atom is 0.414 e. The highest BCUT2D eigenvalue weighted by atomic mass is 32.1. The van der Waals surface area contributed by atoms with E-state index in [2.05, 4.69) is 20.8 Å². The Morgan fingerprint density at radius 1 is 1.50 bits per heavy atom. The summed E-state index contributed by atoms with van der Waals surface area (Å²) in [5.74, 6) is -0.815. The number of aromatic nitrogens is 2. The SMILES string of the molecule is CC(=O)NC[C@H]1CN(c2ccc(-c3nnc(NC=O)s3)c(F)c2)C(=O)O1. The number of carbonyl (C=O) groups is 3. The topological polar surface area (TPSA) is 114 Å². The fourth-order valence-electron chi connectivity index (χ4n) is 2.38. The highest BCUT2D eigenvalue weighted by Crippen LogP contribution is 2.31. The van der Waals surface area contributed by atoms with E-state index < -0.39 is 18.0 Å². The third-order valence-electron chi connectivity index (χ3n) is 3.55. The third kappa shape index (κ3) is 3.77. The first kappa shape index (κ1) is 17.7. The first-order valence-electron chi connectivity index (χ1n) is 7.54. The van der Waals surface area contributed by atoms with Gasteiger partial charge in [0.2, 0.25) is 17.4 Å². The lowest BCUT2D eigenvalue weighted by Crippen LogP contribution is -2.33. The fourth-order valence-corrected chi connectivity index (χ4v) is 3.11. The van der Waals surface area contributed by atoms with Crippen LogP contribution in [0.5, 0.6) is 0 Å². The van der Waals surface area contributed by atoms with E-state index in [0.717, 1.165) is 11.3 Å². The van der Waals surface area contributed by atoms with Crippen LogP contribution in [0.2, 0.25) is 0 Å². The van der Waals surface area contributed by atoms with Crippen molar-refractivity contribution in [2.75, 3.05) is 23.3 Å². The number of anilines is 2. The Bertz CT molecular complexity index is 858. The van der Waals surface area contributed by atoms with Crippen LogP contribution in [-0.2, 0) is 14.3 Å². The van der Waals surface area contributed by atoms with Crippen LogP contribution in [-0.4, -0.2) is 47.8 Å². The quantitative estimate of drug-likeness (QED) is 0.733. The largest absolute Gasteiger partial charge is 0.442 e. The summed E-state index contributed by atoms with van der Waals surface area (Å²) in [4.78, 5) is 34.6. The molecule has 1 aromatic carbocycles. The average Bonchev–Trinajstić information content (AvgIpc) is 3.20. The minimum absolute atomic E-state index is 0.190. The van der Waals surface area contributed by atoms with Crippen LogP contribution >= 0.6 is 11.3 Å². The lowest BCUT2D eigenvalue weighted by molar-refractivity contribution is -0.119. The molecule has 1 aliphatic rings. The Balaban J connectivity index is 1.75. The summed E-state index contributed by atoms with van der Waals surface area (Å²) >= 11 is 1.02. The zero-order chi connectivity index (χ0) is 18.7. The number of benzene rings is 1. The molecule has 0 radical (unpaired) electrons. The van der Waals surface area contributed by atoms with E-state index in [1.165, 1.54) is 24.0 Å². The lowest BCUT2D eigenvalue weighted by atomic mass is 10.2. The summed E-state index contributed by atoms with van der Waals surface area (Å²) < 4.78 is 19.6. The van der Waals surface area contributed by atoms with E-state index >= 15 is 0 Å². The molecule has 1 fully saturated rings. The summed E-state index contributed by atoms with van der Waals surface area (Å²) in [6.07, 6.45) is -0.657. The van der Waals surface area contributed by atoms with Gasteiger partial charge in [-0.3, -0.25) is 14.5 Å². The van der Waals surface area contributed by atoms with Crippen LogP contribution in [0.15, 0.2) is 18.2 Å². The van der Waals surface area contributed by atoms with Crippen molar-refractivity contribution in [1.82, 2.24) is 15.5 Å². The summed E-state index contributed by atoms with van der Waals surface area (Å²) in [5.41, 5.74) is 0.532. The number of rotatable bonds is 6. The van der Waals surface area contributed by atoms with E-state index in [0.29, 0.717) is 17.1 Å². The minimum Gasteiger partial charge on any atom is -0.442 e. The zero-order valence-electron chi connectivity index (χ0n) is 13.6. The van der Waals surface area contributed by atoms with Gasteiger partial charge in [0, 0.05) is 12.5 Å².